The van der Waals surface area contributed by atoms with Crippen LogP contribution in [-0.2, 0) is 0 Å². The minimum atomic E-state index is 0.403. The van der Waals surface area contributed by atoms with Crippen molar-refractivity contribution < 1.29 is 0 Å². The Morgan fingerprint density at radius 3 is 2.00 bits per heavy atom. The van der Waals surface area contributed by atoms with Gasteiger partial charge in [-0.2, -0.15) is 0 Å². The van der Waals surface area contributed by atoms with Crippen molar-refractivity contribution in [3.63, 3.8) is 0 Å². The molecule has 0 amide bonds. The van der Waals surface area contributed by atoms with Gasteiger partial charge in [-0.05, 0) is 12.4 Å². The van der Waals surface area contributed by atoms with Crippen LogP contribution >= 0.6 is 0 Å². The third kappa shape index (κ3) is 2.69. The predicted molar refractivity (Wildman–Crippen MR) is 35.7 cm³/mol. The Bertz CT molecular complexity index is 45.3. The van der Waals surface area contributed by atoms with Gasteiger partial charge in [0.1, 0.15) is 0 Å². The molecule has 2 N–H and O–H groups in total. The third-order valence-electron chi connectivity index (χ3n) is 1.33. The first-order chi connectivity index (χ1) is 3.18. The van der Waals surface area contributed by atoms with Gasteiger partial charge in [0.2, 0.25) is 0 Å². The summed E-state index contributed by atoms with van der Waals surface area (Å²) in [5.41, 5.74) is 5.62. The van der Waals surface area contributed by atoms with Crippen molar-refractivity contribution in [2.45, 2.75) is 32.9 Å². The fourth-order valence-corrected chi connectivity index (χ4v) is 0.471. The molecule has 0 aromatic rings. The highest BCUT2D eigenvalue weighted by Crippen LogP contribution is 1.90. The maximum Gasteiger partial charge on any atom is 0.153 e. The Labute approximate surface area is 46.4 Å². The average molecular weight is 99.0 g/mol. The monoisotopic (exact) mass is 99.1 g/mol. The third-order valence-corrected chi connectivity index (χ3v) is 1.33. The highest BCUT2D eigenvalue weighted by atomic mass is 14.6. The number of hydrogen-bond donors (Lipinski definition) is 1. The van der Waals surface area contributed by atoms with Gasteiger partial charge < -0.3 is 5.73 Å². The molecule has 0 aliphatic heterocycles. The van der Waals surface area contributed by atoms with Gasteiger partial charge in [-0.3, -0.25) is 0 Å². The van der Waals surface area contributed by atoms with Gasteiger partial charge in [-0.25, -0.2) is 0 Å². The van der Waals surface area contributed by atoms with Crippen LogP contribution in [-0.4, -0.2) is 12.7 Å². The molecule has 1 atom stereocenters. The van der Waals surface area contributed by atoms with Crippen LogP contribution in [0.15, 0.2) is 0 Å². The second-order valence-electron chi connectivity index (χ2n) is 2.32. The highest BCUT2D eigenvalue weighted by Gasteiger charge is 2.05. The second kappa shape index (κ2) is 3.08. The summed E-state index contributed by atoms with van der Waals surface area (Å²) in [6, 6.07) is 0. The van der Waals surface area contributed by atoms with Crippen LogP contribution in [0.4, 0.5) is 0 Å². The average Bonchev–Trinajstić information content (AvgIpc) is 1.65. The van der Waals surface area contributed by atoms with Crippen LogP contribution in [0.25, 0.3) is 0 Å². The molecule has 0 heterocycles. The van der Waals surface area contributed by atoms with Gasteiger partial charge in [0.25, 0.3) is 0 Å². The Hall–Kier alpha value is 0.0249. The smallest absolute Gasteiger partial charge is 0.153 e. The maximum atomic E-state index is 5.62. The standard InChI is InChI=1S/C5H14BN/c1-4-5(7)6(2)3/h5H,4,7H2,1-3H3/t5-/m0/s1. The summed E-state index contributed by atoms with van der Waals surface area (Å²) in [4.78, 5) is 0. The molecule has 0 saturated carbocycles. The Morgan fingerprint density at radius 2 is 2.00 bits per heavy atom. The quantitative estimate of drug-likeness (QED) is 0.514. The topological polar surface area (TPSA) is 26.0 Å². The largest absolute Gasteiger partial charge is 0.335 e. The Balaban J connectivity index is 3.14. The summed E-state index contributed by atoms with van der Waals surface area (Å²) in [5.74, 6) is 0.403. The summed E-state index contributed by atoms with van der Waals surface area (Å²) in [6.07, 6.45) is 1.09. The van der Waals surface area contributed by atoms with Crippen LogP contribution in [0.2, 0.25) is 13.6 Å². The van der Waals surface area contributed by atoms with E-state index >= 15 is 0 Å². The lowest BCUT2D eigenvalue weighted by Gasteiger charge is -2.07. The van der Waals surface area contributed by atoms with Crippen molar-refractivity contribution >= 4 is 6.71 Å². The molecule has 0 aliphatic rings. The van der Waals surface area contributed by atoms with Crippen LogP contribution in [0, 0.1) is 0 Å². The lowest BCUT2D eigenvalue weighted by Crippen LogP contribution is -2.32. The number of hydrogen-bond acceptors (Lipinski definition) is 1. The lowest BCUT2D eigenvalue weighted by atomic mass is 9.48. The molecule has 0 unspecified atom stereocenters. The normalized spacial score (nSPS) is 13.7. The Morgan fingerprint density at radius 1 is 1.57 bits per heavy atom. The first-order valence-corrected chi connectivity index (χ1v) is 2.94. The van der Waals surface area contributed by atoms with Gasteiger partial charge >= 0.3 is 0 Å². The summed E-state index contributed by atoms with van der Waals surface area (Å²) in [6.45, 7) is 7.05. The van der Waals surface area contributed by atoms with Crippen molar-refractivity contribution in [3.05, 3.63) is 0 Å². The fourth-order valence-electron chi connectivity index (χ4n) is 0.471. The molecule has 0 aromatic carbocycles. The first-order valence-electron chi connectivity index (χ1n) is 2.94. The zero-order valence-corrected chi connectivity index (χ0v) is 5.44. The van der Waals surface area contributed by atoms with Crippen molar-refractivity contribution in [2.24, 2.45) is 5.73 Å². The van der Waals surface area contributed by atoms with E-state index in [1.807, 2.05) is 0 Å². The zero-order chi connectivity index (χ0) is 5.86. The van der Waals surface area contributed by atoms with Gasteiger partial charge in [-0.15, -0.1) is 0 Å². The van der Waals surface area contributed by atoms with Crippen molar-refractivity contribution in [2.75, 3.05) is 0 Å². The van der Waals surface area contributed by atoms with Gasteiger partial charge in [0.05, 0.1) is 0 Å². The van der Waals surface area contributed by atoms with E-state index in [0.717, 1.165) is 6.42 Å². The molecule has 0 fully saturated rings. The molecule has 0 aliphatic carbocycles. The molecular weight excluding hydrogens is 84.9 g/mol. The second-order valence-corrected chi connectivity index (χ2v) is 2.32. The molecule has 42 valence electrons. The SMILES string of the molecule is CC[C@H](N)B(C)C. The number of nitrogens with two attached hydrogens (primary N) is 1. The summed E-state index contributed by atoms with van der Waals surface area (Å²) in [7, 11) is 0. The first kappa shape index (κ1) is 7.02. The van der Waals surface area contributed by atoms with E-state index < -0.39 is 0 Å². The minimum absolute atomic E-state index is 0.403. The zero-order valence-electron chi connectivity index (χ0n) is 5.44. The van der Waals surface area contributed by atoms with E-state index in [4.69, 9.17) is 5.73 Å². The molecule has 0 spiro atoms. The van der Waals surface area contributed by atoms with E-state index in [-0.39, 0.29) is 0 Å². The van der Waals surface area contributed by atoms with Crippen molar-refractivity contribution in [1.82, 2.24) is 0 Å². The molecular formula is C5H14BN. The number of rotatable bonds is 2. The summed E-state index contributed by atoms with van der Waals surface area (Å²) >= 11 is 0. The molecule has 0 aromatic heterocycles. The van der Waals surface area contributed by atoms with Crippen LogP contribution in [0.5, 0.6) is 0 Å². The van der Waals surface area contributed by atoms with E-state index in [0.29, 0.717) is 12.7 Å². The summed E-state index contributed by atoms with van der Waals surface area (Å²) in [5, 5.41) is 0. The molecule has 0 bridgehead atoms. The highest BCUT2D eigenvalue weighted by molar-refractivity contribution is 6.57. The lowest BCUT2D eigenvalue weighted by molar-refractivity contribution is 0.835. The fraction of sp³-hybridized carbons (Fsp3) is 1.00. The van der Waals surface area contributed by atoms with E-state index in [1.165, 1.54) is 0 Å². The predicted octanol–water partition coefficient (Wildman–Crippen LogP) is 1.02. The van der Waals surface area contributed by atoms with Crippen LogP contribution in [0.1, 0.15) is 13.3 Å². The molecule has 1 nitrogen and oxygen atoms in total. The minimum Gasteiger partial charge on any atom is -0.335 e. The van der Waals surface area contributed by atoms with Gasteiger partial charge in [0.15, 0.2) is 6.71 Å². The van der Waals surface area contributed by atoms with Gasteiger partial charge in [-0.1, -0.05) is 20.6 Å². The molecule has 0 radical (unpaired) electrons. The van der Waals surface area contributed by atoms with Crippen molar-refractivity contribution in [1.29, 1.82) is 0 Å². The van der Waals surface area contributed by atoms with Crippen molar-refractivity contribution in [3.8, 4) is 0 Å². The Kier molecular flexibility index (Phi) is 3.09. The van der Waals surface area contributed by atoms with E-state index in [2.05, 4.69) is 20.6 Å². The maximum absolute atomic E-state index is 5.62. The molecule has 0 rings (SSSR count). The van der Waals surface area contributed by atoms with Crippen LogP contribution < -0.4 is 5.73 Å². The summed E-state index contributed by atoms with van der Waals surface area (Å²) < 4.78 is 0. The van der Waals surface area contributed by atoms with E-state index in [1.54, 1.807) is 0 Å². The molecule has 2 heteroatoms. The molecule has 0 saturated heterocycles. The van der Waals surface area contributed by atoms with E-state index in [9.17, 15) is 0 Å². The molecule has 7 heavy (non-hydrogen) atoms. The van der Waals surface area contributed by atoms with Gasteiger partial charge in [0, 0.05) is 0 Å². The van der Waals surface area contributed by atoms with Crippen LogP contribution in [0.3, 0.4) is 0 Å².